The Hall–Kier alpha value is -2.03. The normalized spacial score (nSPS) is 11.2. The van der Waals surface area contributed by atoms with Crippen molar-refractivity contribution in [1.82, 2.24) is 14.8 Å². The van der Waals surface area contributed by atoms with Crippen molar-refractivity contribution in [2.75, 3.05) is 5.32 Å². The highest BCUT2D eigenvalue weighted by Crippen LogP contribution is 2.19. The number of nitrogens with one attached hydrogen (secondary N) is 2. The summed E-state index contributed by atoms with van der Waals surface area (Å²) in [6, 6.07) is 6.23. The van der Waals surface area contributed by atoms with Crippen LogP contribution in [0.3, 0.4) is 0 Å². The van der Waals surface area contributed by atoms with Crippen LogP contribution in [-0.4, -0.2) is 20.7 Å². The van der Waals surface area contributed by atoms with Crippen LogP contribution in [0.5, 0.6) is 0 Å². The number of halogens is 2. The van der Waals surface area contributed by atoms with Gasteiger partial charge >= 0.3 is 0 Å². The van der Waals surface area contributed by atoms with Crippen LogP contribution in [0.2, 0.25) is 5.15 Å². The van der Waals surface area contributed by atoms with Crippen molar-refractivity contribution in [2.45, 2.75) is 0 Å². The van der Waals surface area contributed by atoms with Gasteiger partial charge in [-0.3, -0.25) is 9.83 Å². The van der Waals surface area contributed by atoms with Crippen molar-refractivity contribution in [2.24, 2.45) is 5.10 Å². The van der Waals surface area contributed by atoms with Crippen LogP contribution in [0.25, 0.3) is 4.96 Å². The van der Waals surface area contributed by atoms with E-state index in [1.807, 2.05) is 16.0 Å². The summed E-state index contributed by atoms with van der Waals surface area (Å²) < 4.78 is 15.3. The lowest BCUT2D eigenvalue weighted by Crippen LogP contribution is -2.24. The molecule has 2 heterocycles. The minimum atomic E-state index is -0.394. The molecule has 0 radical (unpaired) electrons. The predicted octanol–water partition coefficient (Wildman–Crippen LogP) is 3.51. The second kappa shape index (κ2) is 6.39. The topological polar surface area (TPSA) is 53.7 Å². The number of fused-ring (bicyclic) bond motifs is 1. The molecule has 5 nitrogen and oxygen atoms in total. The molecule has 0 aliphatic carbocycles. The first-order valence-electron chi connectivity index (χ1n) is 6.11. The quantitative estimate of drug-likeness (QED) is 0.430. The second-order valence-corrected chi connectivity index (χ2v) is 5.79. The number of hydrogen-bond acceptors (Lipinski definition) is 4. The van der Waals surface area contributed by atoms with Crippen molar-refractivity contribution in [3.05, 3.63) is 52.5 Å². The Morgan fingerprint density at radius 2 is 2.27 bits per heavy atom. The second-order valence-electron chi connectivity index (χ2n) is 4.15. The summed E-state index contributed by atoms with van der Waals surface area (Å²) in [5.74, 6) is -0.394. The molecule has 3 rings (SSSR count). The molecule has 0 aliphatic rings. The number of imidazole rings is 1. The Kier molecular flexibility index (Phi) is 4.32. The molecule has 0 saturated carbocycles. The summed E-state index contributed by atoms with van der Waals surface area (Å²) in [5, 5.41) is 9.12. The average molecular weight is 354 g/mol. The van der Waals surface area contributed by atoms with E-state index in [4.69, 9.17) is 23.8 Å². The van der Waals surface area contributed by atoms with Gasteiger partial charge in [-0.15, -0.1) is 11.3 Å². The fraction of sp³-hybridized carbons (Fsp3) is 0. The van der Waals surface area contributed by atoms with Crippen molar-refractivity contribution in [3.63, 3.8) is 0 Å². The standard InChI is InChI=1S/C13H9ClFN5S2/c14-11-10(20-5-6-22-13(20)18-11)7-16-19-12(21)17-9-4-2-1-3-8(9)15/h1-7H,(H2,17,19,21)/b16-7-. The molecule has 0 aliphatic heterocycles. The van der Waals surface area contributed by atoms with Gasteiger partial charge < -0.3 is 5.32 Å². The first-order chi connectivity index (χ1) is 10.6. The van der Waals surface area contributed by atoms with Crippen molar-refractivity contribution < 1.29 is 4.39 Å². The first-order valence-corrected chi connectivity index (χ1v) is 7.77. The van der Waals surface area contributed by atoms with E-state index in [1.54, 1.807) is 18.2 Å². The highest BCUT2D eigenvalue weighted by molar-refractivity contribution is 7.80. The van der Waals surface area contributed by atoms with Gasteiger partial charge in [-0.25, -0.2) is 9.37 Å². The smallest absolute Gasteiger partial charge is 0.195 e. The zero-order valence-corrected chi connectivity index (χ0v) is 13.3. The molecule has 9 heteroatoms. The van der Waals surface area contributed by atoms with Gasteiger partial charge in [0.15, 0.2) is 15.2 Å². The molecule has 1 aromatic carbocycles. The molecule has 2 aromatic heterocycles. The lowest BCUT2D eigenvalue weighted by atomic mass is 10.3. The summed E-state index contributed by atoms with van der Waals surface area (Å²) in [4.78, 5) is 4.96. The van der Waals surface area contributed by atoms with Crippen molar-refractivity contribution in [1.29, 1.82) is 0 Å². The van der Waals surface area contributed by atoms with E-state index < -0.39 is 5.82 Å². The number of nitrogens with zero attached hydrogens (tertiary/aromatic N) is 3. The maximum atomic E-state index is 13.5. The number of thiocarbonyl (C=S) groups is 1. The van der Waals surface area contributed by atoms with Crippen LogP contribution < -0.4 is 10.7 Å². The summed E-state index contributed by atoms with van der Waals surface area (Å²) in [7, 11) is 0. The van der Waals surface area contributed by atoms with E-state index >= 15 is 0 Å². The number of benzene rings is 1. The molecule has 0 amide bonds. The van der Waals surface area contributed by atoms with E-state index in [9.17, 15) is 4.39 Å². The molecule has 0 atom stereocenters. The Bertz CT molecular complexity index is 857. The number of thiazole rings is 1. The van der Waals surface area contributed by atoms with Crippen molar-refractivity contribution >= 4 is 57.1 Å². The van der Waals surface area contributed by atoms with Gasteiger partial charge in [0.1, 0.15) is 11.5 Å². The molecule has 0 bridgehead atoms. The minimum Gasteiger partial charge on any atom is -0.329 e. The van der Waals surface area contributed by atoms with Gasteiger partial charge in [-0.05, 0) is 24.4 Å². The highest BCUT2D eigenvalue weighted by Gasteiger charge is 2.09. The van der Waals surface area contributed by atoms with E-state index in [2.05, 4.69) is 20.8 Å². The van der Waals surface area contributed by atoms with Crippen LogP contribution in [0.15, 0.2) is 40.9 Å². The largest absolute Gasteiger partial charge is 0.329 e. The van der Waals surface area contributed by atoms with Crippen LogP contribution in [0, 0.1) is 5.82 Å². The van der Waals surface area contributed by atoms with Crippen LogP contribution in [0.1, 0.15) is 5.69 Å². The minimum absolute atomic E-state index is 0.170. The number of hydrazone groups is 1. The van der Waals surface area contributed by atoms with E-state index in [1.165, 1.54) is 23.6 Å². The number of anilines is 1. The Morgan fingerprint density at radius 3 is 3.09 bits per heavy atom. The molecular weight excluding hydrogens is 345 g/mol. The molecule has 3 aromatic rings. The zero-order chi connectivity index (χ0) is 15.5. The zero-order valence-electron chi connectivity index (χ0n) is 11.0. The predicted molar refractivity (Wildman–Crippen MR) is 91.4 cm³/mol. The molecule has 112 valence electrons. The molecule has 0 unspecified atom stereocenters. The first kappa shape index (κ1) is 14.9. The SMILES string of the molecule is Fc1ccccc1NC(=S)N/N=C\c1c(Cl)nc2sccn12. The van der Waals surface area contributed by atoms with E-state index in [0.717, 1.165) is 4.96 Å². The summed E-state index contributed by atoms with van der Waals surface area (Å²) in [6.45, 7) is 0. The van der Waals surface area contributed by atoms with Gasteiger partial charge in [0.25, 0.3) is 0 Å². The molecule has 0 saturated heterocycles. The Balaban J connectivity index is 1.67. The molecule has 2 N–H and O–H groups in total. The molecule has 22 heavy (non-hydrogen) atoms. The monoisotopic (exact) mass is 353 g/mol. The summed E-state index contributed by atoms with van der Waals surface area (Å²) in [6.07, 6.45) is 3.35. The lowest BCUT2D eigenvalue weighted by molar-refractivity contribution is 0.632. The van der Waals surface area contributed by atoms with Crippen LogP contribution in [0.4, 0.5) is 10.1 Å². The third-order valence-electron chi connectivity index (χ3n) is 2.73. The fourth-order valence-corrected chi connectivity index (χ4v) is 2.91. The maximum Gasteiger partial charge on any atom is 0.195 e. The summed E-state index contributed by atoms with van der Waals surface area (Å²) >= 11 is 12.6. The fourth-order valence-electron chi connectivity index (χ4n) is 1.76. The van der Waals surface area contributed by atoms with E-state index in [-0.39, 0.29) is 10.8 Å². The van der Waals surface area contributed by atoms with Crippen molar-refractivity contribution in [3.8, 4) is 0 Å². The maximum absolute atomic E-state index is 13.5. The number of aromatic nitrogens is 2. The average Bonchev–Trinajstić information content (AvgIpc) is 3.04. The van der Waals surface area contributed by atoms with E-state index in [0.29, 0.717) is 10.8 Å². The number of para-hydroxylation sites is 1. The van der Waals surface area contributed by atoms with Gasteiger partial charge in [-0.1, -0.05) is 23.7 Å². The third-order valence-corrected chi connectivity index (χ3v) is 3.96. The summed E-state index contributed by atoms with van der Waals surface area (Å²) in [5.41, 5.74) is 3.52. The van der Waals surface area contributed by atoms with Gasteiger partial charge in [-0.2, -0.15) is 5.10 Å². The van der Waals surface area contributed by atoms with Crippen LogP contribution >= 0.6 is 35.2 Å². The van der Waals surface area contributed by atoms with Gasteiger partial charge in [0.2, 0.25) is 0 Å². The van der Waals surface area contributed by atoms with Gasteiger partial charge in [0.05, 0.1) is 11.9 Å². The molecule has 0 spiro atoms. The van der Waals surface area contributed by atoms with Crippen LogP contribution in [-0.2, 0) is 0 Å². The number of hydrogen-bond donors (Lipinski definition) is 2. The highest BCUT2D eigenvalue weighted by atomic mass is 35.5. The third kappa shape index (κ3) is 3.08. The van der Waals surface area contributed by atoms with Gasteiger partial charge in [0, 0.05) is 11.6 Å². The molecular formula is C13H9ClFN5S2. The lowest BCUT2D eigenvalue weighted by Gasteiger charge is -2.07. The Labute approximate surface area is 139 Å². The Morgan fingerprint density at radius 1 is 1.45 bits per heavy atom. The molecule has 0 fully saturated rings. The number of rotatable bonds is 3.